The molecule has 3 fully saturated rings. The second kappa shape index (κ2) is 4.68. The molecule has 4 aliphatic rings. The van der Waals surface area contributed by atoms with Crippen LogP contribution in [0.3, 0.4) is 0 Å². The van der Waals surface area contributed by atoms with Crippen LogP contribution in [0.15, 0.2) is 11.6 Å². The summed E-state index contributed by atoms with van der Waals surface area (Å²) in [6.45, 7) is 2.15. The number of ketones is 1. The molecule has 0 radical (unpaired) electrons. The van der Waals surface area contributed by atoms with E-state index >= 15 is 0 Å². The number of nitrogens with zero attached hydrogens (tertiary/aromatic N) is 1. The van der Waals surface area contributed by atoms with Crippen molar-refractivity contribution in [2.45, 2.75) is 63.9 Å². The normalized spacial score (nSPS) is 50.4. The van der Waals surface area contributed by atoms with Crippen LogP contribution in [0.5, 0.6) is 0 Å². The molecule has 3 saturated carbocycles. The summed E-state index contributed by atoms with van der Waals surface area (Å²) in [5.74, 6) is 2.70. The average molecular weight is 299 g/mol. The van der Waals surface area contributed by atoms with E-state index in [-0.39, 0.29) is 5.41 Å². The minimum absolute atomic E-state index is 0.228. The molecule has 3 nitrogen and oxygen atoms in total. The second-order valence-corrected chi connectivity index (χ2v) is 8.27. The van der Waals surface area contributed by atoms with Crippen molar-refractivity contribution in [2.75, 3.05) is 0 Å². The summed E-state index contributed by atoms with van der Waals surface area (Å²) in [6.07, 6.45) is 9.56. The van der Waals surface area contributed by atoms with Gasteiger partial charge in [0.05, 0.1) is 6.07 Å². The Balaban J connectivity index is 1.65. The molecule has 0 bridgehead atoms. The van der Waals surface area contributed by atoms with Gasteiger partial charge in [0.2, 0.25) is 0 Å². The standard InChI is InChI=1S/C19H25NO2/c1-18-8-6-15-14-5-3-13(21)10-12(14)2-4-16(15)17(18)7-9-19(18,22)11-20/h10,14-17,22H,2-9H2,1H3/t14-,15+,16+,17-,18-,19+/m0/s1. The molecule has 0 aromatic rings. The van der Waals surface area contributed by atoms with Gasteiger partial charge in [0.25, 0.3) is 0 Å². The number of allylic oxidation sites excluding steroid dienone is 1. The second-order valence-electron chi connectivity index (χ2n) is 8.27. The first kappa shape index (κ1) is 14.5. The number of carbonyl (C=O) groups excluding carboxylic acids is 1. The highest BCUT2D eigenvalue weighted by Gasteiger charge is 2.62. The number of aliphatic hydroxyl groups is 1. The van der Waals surface area contributed by atoms with E-state index in [4.69, 9.17) is 0 Å². The fourth-order valence-corrected chi connectivity index (χ4v) is 6.38. The first-order chi connectivity index (χ1) is 10.5. The Labute approximate surface area is 132 Å². The maximum absolute atomic E-state index is 11.7. The van der Waals surface area contributed by atoms with Gasteiger partial charge < -0.3 is 5.11 Å². The largest absolute Gasteiger partial charge is 0.375 e. The van der Waals surface area contributed by atoms with Gasteiger partial charge in [-0.25, -0.2) is 0 Å². The summed E-state index contributed by atoms with van der Waals surface area (Å²) in [6, 6.07) is 2.24. The van der Waals surface area contributed by atoms with E-state index in [1.807, 2.05) is 6.08 Å². The number of carbonyl (C=O) groups is 1. The number of hydrogen-bond acceptors (Lipinski definition) is 3. The highest BCUT2D eigenvalue weighted by molar-refractivity contribution is 5.91. The van der Waals surface area contributed by atoms with E-state index in [2.05, 4.69) is 13.0 Å². The maximum Gasteiger partial charge on any atom is 0.156 e. The number of fused-ring (bicyclic) bond motifs is 5. The smallest absolute Gasteiger partial charge is 0.156 e. The number of rotatable bonds is 0. The topological polar surface area (TPSA) is 61.1 Å². The molecule has 0 aromatic carbocycles. The molecular weight excluding hydrogens is 274 g/mol. The molecule has 1 N–H and O–H groups in total. The van der Waals surface area contributed by atoms with Crippen molar-refractivity contribution in [3.8, 4) is 6.07 Å². The van der Waals surface area contributed by atoms with Gasteiger partial charge in [-0.15, -0.1) is 0 Å². The zero-order valence-corrected chi connectivity index (χ0v) is 13.3. The Hall–Kier alpha value is -1.14. The van der Waals surface area contributed by atoms with E-state index < -0.39 is 5.60 Å². The first-order valence-electron chi connectivity index (χ1n) is 8.85. The maximum atomic E-state index is 11.7. The molecule has 118 valence electrons. The Kier molecular flexibility index (Phi) is 3.07. The van der Waals surface area contributed by atoms with Crippen molar-refractivity contribution in [1.29, 1.82) is 5.26 Å². The van der Waals surface area contributed by atoms with Crippen LogP contribution in [-0.2, 0) is 4.79 Å². The highest BCUT2D eigenvalue weighted by atomic mass is 16.3. The lowest BCUT2D eigenvalue weighted by atomic mass is 9.51. The van der Waals surface area contributed by atoms with Crippen molar-refractivity contribution in [2.24, 2.45) is 29.1 Å². The van der Waals surface area contributed by atoms with E-state index in [9.17, 15) is 15.2 Å². The minimum atomic E-state index is -1.12. The van der Waals surface area contributed by atoms with Crippen LogP contribution >= 0.6 is 0 Å². The lowest BCUT2D eigenvalue weighted by molar-refractivity contribution is -0.116. The fourth-order valence-electron chi connectivity index (χ4n) is 6.38. The van der Waals surface area contributed by atoms with E-state index in [0.29, 0.717) is 42.3 Å². The van der Waals surface area contributed by atoms with E-state index in [1.165, 1.54) is 5.57 Å². The molecule has 4 rings (SSSR count). The van der Waals surface area contributed by atoms with Gasteiger partial charge in [0, 0.05) is 11.8 Å². The van der Waals surface area contributed by atoms with Gasteiger partial charge >= 0.3 is 0 Å². The highest BCUT2D eigenvalue weighted by Crippen LogP contribution is 2.64. The zero-order valence-electron chi connectivity index (χ0n) is 13.3. The monoisotopic (exact) mass is 299 g/mol. The van der Waals surface area contributed by atoms with Gasteiger partial charge in [0.1, 0.15) is 0 Å². The van der Waals surface area contributed by atoms with Crippen molar-refractivity contribution >= 4 is 5.78 Å². The third-order valence-corrected chi connectivity index (χ3v) is 7.64. The van der Waals surface area contributed by atoms with Crippen molar-refractivity contribution in [3.05, 3.63) is 11.6 Å². The molecule has 0 heterocycles. The van der Waals surface area contributed by atoms with E-state index in [1.54, 1.807) is 0 Å². The van der Waals surface area contributed by atoms with Gasteiger partial charge in [0.15, 0.2) is 11.4 Å². The van der Waals surface area contributed by atoms with Gasteiger partial charge in [-0.2, -0.15) is 5.26 Å². The Morgan fingerprint density at radius 2 is 2.00 bits per heavy atom. The van der Waals surface area contributed by atoms with Crippen LogP contribution in [0.25, 0.3) is 0 Å². The Morgan fingerprint density at radius 1 is 1.18 bits per heavy atom. The predicted octanol–water partition coefficient (Wildman–Crippen LogP) is 3.38. The molecule has 0 saturated heterocycles. The number of nitriles is 1. The van der Waals surface area contributed by atoms with E-state index in [0.717, 1.165) is 38.5 Å². The van der Waals surface area contributed by atoms with Crippen LogP contribution in [0.1, 0.15) is 58.3 Å². The first-order valence-corrected chi connectivity index (χ1v) is 8.85. The SMILES string of the molecule is C[C@]12CC[C@H]3[C@@H](CCC4=CC(=O)CC[C@@H]43)[C@@H]1CC[C@@]2(O)C#N. The van der Waals surface area contributed by atoms with Crippen molar-refractivity contribution in [1.82, 2.24) is 0 Å². The summed E-state index contributed by atoms with van der Waals surface area (Å²) in [5.41, 5.74) is 0.0465. The van der Waals surface area contributed by atoms with Gasteiger partial charge in [-0.1, -0.05) is 12.5 Å². The van der Waals surface area contributed by atoms with Crippen LogP contribution in [-0.4, -0.2) is 16.5 Å². The van der Waals surface area contributed by atoms with Crippen molar-refractivity contribution in [3.63, 3.8) is 0 Å². The van der Waals surface area contributed by atoms with Crippen molar-refractivity contribution < 1.29 is 9.90 Å². The summed E-state index contributed by atoms with van der Waals surface area (Å²) < 4.78 is 0. The average Bonchev–Trinajstić information content (AvgIpc) is 2.79. The van der Waals surface area contributed by atoms with Gasteiger partial charge in [-0.3, -0.25) is 4.79 Å². The molecule has 4 aliphatic carbocycles. The molecule has 0 aromatic heterocycles. The zero-order chi connectivity index (χ0) is 15.5. The summed E-state index contributed by atoms with van der Waals surface area (Å²) in [5, 5.41) is 20.3. The summed E-state index contributed by atoms with van der Waals surface area (Å²) in [7, 11) is 0. The molecule has 0 amide bonds. The molecule has 22 heavy (non-hydrogen) atoms. The molecule has 0 unspecified atom stereocenters. The Bertz CT molecular complexity index is 589. The third kappa shape index (κ3) is 1.74. The van der Waals surface area contributed by atoms with Crippen LogP contribution in [0, 0.1) is 40.4 Å². The molecule has 0 spiro atoms. The molecular formula is C19H25NO2. The Morgan fingerprint density at radius 3 is 2.77 bits per heavy atom. The summed E-state index contributed by atoms with van der Waals surface area (Å²) in [4.78, 5) is 11.7. The lowest BCUT2D eigenvalue weighted by Crippen LogP contribution is -2.52. The quantitative estimate of drug-likeness (QED) is 0.697. The number of hydrogen-bond donors (Lipinski definition) is 1. The predicted molar refractivity (Wildman–Crippen MR) is 82.7 cm³/mol. The molecule has 3 heteroatoms. The minimum Gasteiger partial charge on any atom is -0.375 e. The molecule has 0 aliphatic heterocycles. The van der Waals surface area contributed by atoms with Crippen LogP contribution < -0.4 is 0 Å². The van der Waals surface area contributed by atoms with Crippen LogP contribution in [0.4, 0.5) is 0 Å². The lowest BCUT2D eigenvalue weighted by Gasteiger charge is -2.54. The van der Waals surface area contributed by atoms with Gasteiger partial charge in [-0.05, 0) is 74.7 Å². The third-order valence-electron chi connectivity index (χ3n) is 7.64. The fraction of sp³-hybridized carbons (Fsp3) is 0.789. The molecule has 6 atom stereocenters. The van der Waals surface area contributed by atoms with Crippen LogP contribution in [0.2, 0.25) is 0 Å². The summed E-state index contributed by atoms with van der Waals surface area (Å²) >= 11 is 0.